The van der Waals surface area contributed by atoms with Crippen LogP contribution >= 0.6 is 0 Å². The Morgan fingerprint density at radius 2 is 2.00 bits per heavy atom. The van der Waals surface area contributed by atoms with Crippen LogP contribution in [0.5, 0.6) is 5.75 Å². The number of benzene rings is 1. The lowest BCUT2D eigenvalue weighted by atomic mass is 9.71. The highest BCUT2D eigenvalue weighted by atomic mass is 19.4. The van der Waals surface area contributed by atoms with E-state index in [4.69, 9.17) is 10.00 Å². The Bertz CT molecular complexity index is 853. The molecular weight excluding hydrogens is 385 g/mol. The summed E-state index contributed by atoms with van der Waals surface area (Å²) in [5.74, 6) is -0.822. The minimum absolute atomic E-state index is 0.0478. The molecule has 156 valence electrons. The highest BCUT2D eigenvalue weighted by Crippen LogP contribution is 2.36. The third-order valence-electron chi connectivity index (χ3n) is 4.85. The molecule has 1 aliphatic rings. The first kappa shape index (κ1) is 22.5. The van der Waals surface area contributed by atoms with Crippen molar-refractivity contribution in [2.75, 3.05) is 20.2 Å². The number of carbonyl (C=O) groups is 2. The predicted octanol–water partition coefficient (Wildman–Crippen LogP) is 4.15. The highest BCUT2D eigenvalue weighted by molar-refractivity contribution is 6.03. The molecule has 0 aliphatic heterocycles. The van der Waals surface area contributed by atoms with E-state index in [0.717, 1.165) is 0 Å². The van der Waals surface area contributed by atoms with Gasteiger partial charge >= 0.3 is 6.18 Å². The van der Waals surface area contributed by atoms with Gasteiger partial charge in [0, 0.05) is 19.0 Å². The Balaban J connectivity index is 2.06. The molecule has 0 heterocycles. The molecule has 5 nitrogen and oxygen atoms in total. The molecule has 0 unspecified atom stereocenters. The summed E-state index contributed by atoms with van der Waals surface area (Å²) in [7, 11) is 1.55. The topological polar surface area (TPSA) is 70.4 Å². The van der Waals surface area contributed by atoms with Gasteiger partial charge in [0.15, 0.2) is 12.4 Å². The Kier molecular flexibility index (Phi) is 6.73. The van der Waals surface area contributed by atoms with Crippen molar-refractivity contribution < 1.29 is 27.5 Å². The molecule has 0 spiro atoms. The van der Waals surface area contributed by atoms with Gasteiger partial charge in [0.05, 0.1) is 11.1 Å². The smallest absolute Gasteiger partial charge is 0.422 e. The molecule has 1 amide bonds. The van der Waals surface area contributed by atoms with E-state index in [-0.39, 0.29) is 28.6 Å². The Labute approximate surface area is 167 Å². The van der Waals surface area contributed by atoms with Crippen molar-refractivity contribution in [2.45, 2.75) is 32.9 Å². The van der Waals surface area contributed by atoms with Crippen LogP contribution in [0, 0.1) is 22.7 Å². The van der Waals surface area contributed by atoms with Crippen molar-refractivity contribution in [3.8, 4) is 11.8 Å². The molecule has 0 radical (unpaired) electrons. The largest absolute Gasteiger partial charge is 0.483 e. The molecule has 8 heteroatoms. The standard InChI is InChI=1S/C21H23F3N2O3/c1-20(2)11-14(10-15(12-25)18(20)27)8-9-26(3)19(28)16-6-4-5-7-17(16)29-13-21(22,23)24/h4-7,10,14H,8-9,11,13H2,1-3H3/t14-/m0/s1. The van der Waals surface area contributed by atoms with Gasteiger partial charge in [0.2, 0.25) is 0 Å². The fraction of sp³-hybridized carbons (Fsp3) is 0.476. The summed E-state index contributed by atoms with van der Waals surface area (Å²) < 4.78 is 42.1. The molecule has 2 rings (SSSR count). The second-order valence-corrected chi connectivity index (χ2v) is 7.78. The summed E-state index contributed by atoms with van der Waals surface area (Å²) in [6, 6.07) is 7.72. The lowest BCUT2D eigenvalue weighted by Crippen LogP contribution is -2.34. The summed E-state index contributed by atoms with van der Waals surface area (Å²) in [6.07, 6.45) is -1.77. The van der Waals surface area contributed by atoms with E-state index in [2.05, 4.69) is 0 Å². The molecule has 0 N–H and O–H groups in total. The summed E-state index contributed by atoms with van der Waals surface area (Å²) in [4.78, 5) is 26.3. The average Bonchev–Trinajstić information content (AvgIpc) is 2.65. The first-order valence-electron chi connectivity index (χ1n) is 9.15. The summed E-state index contributed by atoms with van der Waals surface area (Å²) >= 11 is 0. The van der Waals surface area contributed by atoms with Crippen LogP contribution in [0.15, 0.2) is 35.9 Å². The first-order valence-corrected chi connectivity index (χ1v) is 9.15. The second-order valence-electron chi connectivity index (χ2n) is 7.78. The molecule has 0 saturated carbocycles. The summed E-state index contributed by atoms with van der Waals surface area (Å²) in [5, 5.41) is 9.17. The maximum atomic E-state index is 12.7. The van der Waals surface area contributed by atoms with Gasteiger partial charge in [-0.15, -0.1) is 0 Å². The van der Waals surface area contributed by atoms with Crippen LogP contribution in [0.25, 0.3) is 0 Å². The predicted molar refractivity (Wildman–Crippen MR) is 100 cm³/mol. The molecule has 1 aromatic rings. The number of Topliss-reactive ketones (excluding diaryl/α,β-unsaturated/α-hetero) is 1. The monoisotopic (exact) mass is 408 g/mol. The number of nitriles is 1. The number of carbonyl (C=O) groups excluding carboxylic acids is 2. The Morgan fingerprint density at radius 1 is 1.34 bits per heavy atom. The normalized spacial score (nSPS) is 18.6. The Hall–Kier alpha value is -2.82. The number of ketones is 1. The lowest BCUT2D eigenvalue weighted by molar-refractivity contribution is -0.153. The maximum absolute atomic E-state index is 12.7. The Morgan fingerprint density at radius 3 is 2.62 bits per heavy atom. The zero-order valence-corrected chi connectivity index (χ0v) is 16.5. The van der Waals surface area contributed by atoms with Crippen LogP contribution in [0.4, 0.5) is 13.2 Å². The van der Waals surface area contributed by atoms with Crippen LogP contribution in [0.3, 0.4) is 0 Å². The minimum atomic E-state index is -4.50. The second kappa shape index (κ2) is 8.68. The molecule has 1 atom stereocenters. The van der Waals surface area contributed by atoms with Gasteiger partial charge < -0.3 is 9.64 Å². The highest BCUT2D eigenvalue weighted by Gasteiger charge is 2.37. The number of allylic oxidation sites excluding steroid dienone is 2. The number of nitrogens with zero attached hydrogens (tertiary/aromatic N) is 2. The van der Waals surface area contributed by atoms with Crippen molar-refractivity contribution in [2.24, 2.45) is 11.3 Å². The molecule has 29 heavy (non-hydrogen) atoms. The van der Waals surface area contributed by atoms with Gasteiger partial charge in [0.1, 0.15) is 11.8 Å². The van der Waals surface area contributed by atoms with Crippen molar-refractivity contribution in [3.63, 3.8) is 0 Å². The summed E-state index contributed by atoms with van der Waals surface area (Å²) in [5.41, 5.74) is -0.469. The van der Waals surface area contributed by atoms with Crippen molar-refractivity contribution in [1.29, 1.82) is 5.26 Å². The maximum Gasteiger partial charge on any atom is 0.422 e. The van der Waals surface area contributed by atoms with Gasteiger partial charge in [-0.25, -0.2) is 0 Å². The molecule has 0 bridgehead atoms. The number of para-hydroxylation sites is 1. The fourth-order valence-electron chi connectivity index (χ4n) is 3.35. The number of halogens is 3. The van der Waals surface area contributed by atoms with E-state index >= 15 is 0 Å². The van der Waals surface area contributed by atoms with Crippen molar-refractivity contribution >= 4 is 11.7 Å². The van der Waals surface area contributed by atoms with Gasteiger partial charge in [0.25, 0.3) is 5.91 Å². The molecule has 0 saturated heterocycles. The third kappa shape index (κ3) is 5.83. The van der Waals surface area contributed by atoms with E-state index in [1.807, 2.05) is 6.07 Å². The lowest BCUT2D eigenvalue weighted by Gasteiger charge is -2.32. The van der Waals surface area contributed by atoms with Crippen LogP contribution in [0.2, 0.25) is 0 Å². The van der Waals surface area contributed by atoms with Gasteiger partial charge in [-0.3, -0.25) is 9.59 Å². The zero-order chi connectivity index (χ0) is 21.8. The van der Waals surface area contributed by atoms with Gasteiger partial charge in [-0.1, -0.05) is 32.1 Å². The van der Waals surface area contributed by atoms with Gasteiger partial charge in [-0.2, -0.15) is 18.4 Å². The molecular formula is C21H23F3N2O3. The fourth-order valence-corrected chi connectivity index (χ4v) is 3.35. The van der Waals surface area contributed by atoms with Crippen LogP contribution < -0.4 is 4.74 Å². The van der Waals surface area contributed by atoms with Crippen LogP contribution in [0.1, 0.15) is 37.0 Å². The quantitative estimate of drug-likeness (QED) is 0.709. The van der Waals surface area contributed by atoms with Crippen LogP contribution in [-0.4, -0.2) is 43.0 Å². The number of amides is 1. The van der Waals surface area contributed by atoms with Crippen LogP contribution in [-0.2, 0) is 4.79 Å². The first-order chi connectivity index (χ1) is 13.4. The molecule has 0 aromatic heterocycles. The summed E-state index contributed by atoms with van der Waals surface area (Å²) in [6.45, 7) is 2.41. The number of hydrogen-bond donors (Lipinski definition) is 0. The third-order valence-corrected chi connectivity index (χ3v) is 4.85. The number of hydrogen-bond acceptors (Lipinski definition) is 4. The number of alkyl halides is 3. The van der Waals surface area contributed by atoms with E-state index in [1.165, 1.54) is 23.1 Å². The molecule has 1 aliphatic carbocycles. The number of rotatable bonds is 6. The van der Waals surface area contributed by atoms with Crippen molar-refractivity contribution in [1.82, 2.24) is 4.90 Å². The van der Waals surface area contributed by atoms with E-state index in [0.29, 0.717) is 19.4 Å². The number of ether oxygens (including phenoxy) is 1. The van der Waals surface area contributed by atoms with E-state index in [9.17, 15) is 22.8 Å². The van der Waals surface area contributed by atoms with Crippen molar-refractivity contribution in [3.05, 3.63) is 41.5 Å². The molecule has 0 fully saturated rings. The van der Waals surface area contributed by atoms with E-state index < -0.39 is 24.1 Å². The average molecular weight is 408 g/mol. The van der Waals surface area contributed by atoms with E-state index in [1.54, 1.807) is 33.0 Å². The SMILES string of the molecule is CN(CC[C@H]1C=C(C#N)C(=O)C(C)(C)C1)C(=O)c1ccccc1OCC(F)(F)F. The minimum Gasteiger partial charge on any atom is -0.483 e. The van der Waals surface area contributed by atoms with Gasteiger partial charge in [-0.05, 0) is 30.9 Å². The molecule has 1 aromatic carbocycles. The zero-order valence-electron chi connectivity index (χ0n) is 16.5.